The summed E-state index contributed by atoms with van der Waals surface area (Å²) in [6.07, 6.45) is 0.862. The molecule has 80 valence electrons. The minimum atomic E-state index is -3.55. The van der Waals surface area contributed by atoms with E-state index in [1.54, 1.807) is 6.07 Å². The lowest BCUT2D eigenvalue weighted by Crippen LogP contribution is -2.09. The molecule has 0 saturated heterocycles. The van der Waals surface area contributed by atoms with E-state index in [1.165, 1.54) is 11.3 Å². The Balaban J connectivity index is 3.06. The number of rotatable bonds is 3. The first-order chi connectivity index (χ1) is 6.30. The van der Waals surface area contributed by atoms with E-state index in [2.05, 4.69) is 29.8 Å². The van der Waals surface area contributed by atoms with Crippen LogP contribution < -0.4 is 5.14 Å². The fourth-order valence-electron chi connectivity index (χ4n) is 1.03. The van der Waals surface area contributed by atoms with Crippen LogP contribution in [0.3, 0.4) is 0 Å². The summed E-state index contributed by atoms with van der Waals surface area (Å²) in [6, 6.07) is 1.57. The lowest BCUT2D eigenvalue weighted by molar-refractivity contribution is 0.599. The van der Waals surface area contributed by atoms with Crippen molar-refractivity contribution in [3.05, 3.63) is 15.4 Å². The molecule has 0 aliphatic rings. The Morgan fingerprint density at radius 2 is 2.14 bits per heavy atom. The molecule has 14 heavy (non-hydrogen) atoms. The second-order valence-electron chi connectivity index (χ2n) is 3.48. The molecule has 0 unspecified atom stereocenters. The molecule has 0 bridgehead atoms. The Morgan fingerprint density at radius 3 is 2.50 bits per heavy atom. The molecular formula is C8H12BrNO2S2. The van der Waals surface area contributed by atoms with E-state index in [9.17, 15) is 8.42 Å². The normalized spacial score (nSPS) is 12.4. The molecule has 0 aromatic carbocycles. The summed E-state index contributed by atoms with van der Waals surface area (Å²) >= 11 is 4.56. The molecule has 0 aliphatic heterocycles. The van der Waals surface area contributed by atoms with Crippen LogP contribution in [0.25, 0.3) is 0 Å². The molecule has 0 atom stereocenters. The summed E-state index contributed by atoms with van der Waals surface area (Å²) in [4.78, 5) is 1.03. The van der Waals surface area contributed by atoms with Crippen molar-refractivity contribution in [1.82, 2.24) is 0 Å². The summed E-state index contributed by atoms with van der Waals surface area (Å²) in [5.41, 5.74) is 0. The van der Waals surface area contributed by atoms with Crippen LogP contribution in [0.5, 0.6) is 0 Å². The molecule has 6 heteroatoms. The van der Waals surface area contributed by atoms with E-state index in [-0.39, 0.29) is 4.21 Å². The van der Waals surface area contributed by atoms with Crippen molar-refractivity contribution < 1.29 is 8.42 Å². The fourth-order valence-corrected chi connectivity index (χ4v) is 4.01. The minimum Gasteiger partial charge on any atom is -0.224 e. The lowest BCUT2D eigenvalue weighted by Gasteiger charge is -2.01. The van der Waals surface area contributed by atoms with E-state index >= 15 is 0 Å². The van der Waals surface area contributed by atoms with Crippen LogP contribution in [0.2, 0.25) is 0 Å². The highest BCUT2D eigenvalue weighted by molar-refractivity contribution is 9.10. The summed E-state index contributed by atoms with van der Waals surface area (Å²) in [5, 5.41) is 5.03. The molecular weight excluding hydrogens is 286 g/mol. The summed E-state index contributed by atoms with van der Waals surface area (Å²) < 4.78 is 23.2. The van der Waals surface area contributed by atoms with Crippen LogP contribution in [0, 0.1) is 5.92 Å². The molecule has 1 aromatic rings. The molecule has 1 rings (SSSR count). The summed E-state index contributed by atoms with van der Waals surface area (Å²) in [5.74, 6) is 0.498. The van der Waals surface area contributed by atoms with Crippen molar-refractivity contribution in [2.24, 2.45) is 11.1 Å². The Morgan fingerprint density at radius 1 is 1.57 bits per heavy atom. The van der Waals surface area contributed by atoms with E-state index in [4.69, 9.17) is 5.14 Å². The number of sulfonamides is 1. The highest BCUT2D eigenvalue weighted by atomic mass is 79.9. The number of hydrogen-bond donors (Lipinski definition) is 1. The van der Waals surface area contributed by atoms with Crippen molar-refractivity contribution >= 4 is 37.3 Å². The molecule has 0 amide bonds. The number of thiophene rings is 1. The maximum absolute atomic E-state index is 11.1. The third-order valence-electron chi connectivity index (χ3n) is 1.61. The van der Waals surface area contributed by atoms with Crippen LogP contribution in [0.15, 0.2) is 14.7 Å². The smallest absolute Gasteiger partial charge is 0.224 e. The first kappa shape index (κ1) is 12.2. The Kier molecular flexibility index (Phi) is 3.74. The van der Waals surface area contributed by atoms with Gasteiger partial charge in [-0.2, -0.15) is 0 Å². The maximum Gasteiger partial charge on any atom is 0.247 e. The lowest BCUT2D eigenvalue weighted by atomic mass is 10.1. The van der Waals surface area contributed by atoms with Gasteiger partial charge in [-0.05, 0) is 34.3 Å². The predicted molar refractivity (Wildman–Crippen MR) is 61.9 cm³/mol. The van der Waals surface area contributed by atoms with Gasteiger partial charge in [0.15, 0.2) is 0 Å². The molecule has 0 spiro atoms. The third-order valence-corrected chi connectivity index (χ3v) is 5.16. The zero-order chi connectivity index (χ0) is 10.9. The van der Waals surface area contributed by atoms with Gasteiger partial charge in [0.25, 0.3) is 0 Å². The number of hydrogen-bond acceptors (Lipinski definition) is 3. The van der Waals surface area contributed by atoms with E-state index in [0.29, 0.717) is 5.92 Å². The monoisotopic (exact) mass is 297 g/mol. The minimum absolute atomic E-state index is 0.222. The quantitative estimate of drug-likeness (QED) is 0.931. The maximum atomic E-state index is 11.1. The van der Waals surface area contributed by atoms with Crippen LogP contribution in [-0.2, 0) is 16.4 Å². The van der Waals surface area contributed by atoms with Gasteiger partial charge in [-0.1, -0.05) is 13.8 Å². The van der Waals surface area contributed by atoms with E-state index in [1.807, 2.05) is 0 Å². The molecule has 0 aliphatic carbocycles. The Hall–Kier alpha value is 0.0900. The SMILES string of the molecule is CC(C)Cc1sc(S(N)(=O)=O)cc1Br. The van der Waals surface area contributed by atoms with Crippen molar-refractivity contribution in [1.29, 1.82) is 0 Å². The van der Waals surface area contributed by atoms with Gasteiger partial charge in [0, 0.05) is 9.35 Å². The fraction of sp³-hybridized carbons (Fsp3) is 0.500. The van der Waals surface area contributed by atoms with Crippen molar-refractivity contribution in [3.63, 3.8) is 0 Å². The van der Waals surface area contributed by atoms with E-state index in [0.717, 1.165) is 15.8 Å². The van der Waals surface area contributed by atoms with Crippen molar-refractivity contribution in [2.45, 2.75) is 24.5 Å². The molecule has 1 heterocycles. The van der Waals surface area contributed by atoms with Gasteiger partial charge in [0.2, 0.25) is 10.0 Å². The van der Waals surface area contributed by atoms with Gasteiger partial charge in [-0.3, -0.25) is 0 Å². The average Bonchev–Trinajstić information content (AvgIpc) is 2.30. The summed E-state index contributed by atoms with van der Waals surface area (Å²) in [6.45, 7) is 4.17. The first-order valence-electron chi connectivity index (χ1n) is 4.11. The topological polar surface area (TPSA) is 60.2 Å². The molecule has 2 N–H and O–H groups in total. The standard InChI is InChI=1S/C8H12BrNO2S2/c1-5(2)3-7-6(9)4-8(13-7)14(10,11)12/h4-5H,3H2,1-2H3,(H2,10,11,12). The molecule has 0 fully saturated rings. The van der Waals surface area contributed by atoms with Crippen molar-refractivity contribution in [2.75, 3.05) is 0 Å². The second-order valence-corrected chi connectivity index (χ2v) is 7.26. The van der Waals surface area contributed by atoms with Crippen LogP contribution in [0.4, 0.5) is 0 Å². The van der Waals surface area contributed by atoms with Gasteiger partial charge in [-0.25, -0.2) is 13.6 Å². The largest absolute Gasteiger partial charge is 0.247 e. The van der Waals surface area contributed by atoms with Crippen LogP contribution in [0.1, 0.15) is 18.7 Å². The van der Waals surface area contributed by atoms with Crippen LogP contribution in [-0.4, -0.2) is 8.42 Å². The first-order valence-corrected chi connectivity index (χ1v) is 7.27. The van der Waals surface area contributed by atoms with E-state index < -0.39 is 10.0 Å². The van der Waals surface area contributed by atoms with Gasteiger partial charge in [-0.15, -0.1) is 11.3 Å². The highest BCUT2D eigenvalue weighted by Crippen LogP contribution is 2.31. The number of primary sulfonamides is 1. The zero-order valence-corrected chi connectivity index (χ0v) is 11.2. The molecule has 0 radical (unpaired) electrons. The Bertz CT molecular complexity index is 423. The number of halogens is 1. The van der Waals surface area contributed by atoms with Gasteiger partial charge in [0.1, 0.15) is 4.21 Å². The second kappa shape index (κ2) is 4.30. The Labute approximate surface area is 96.5 Å². The molecule has 1 aromatic heterocycles. The van der Waals surface area contributed by atoms with Gasteiger partial charge in [0.05, 0.1) is 0 Å². The highest BCUT2D eigenvalue weighted by Gasteiger charge is 2.15. The van der Waals surface area contributed by atoms with Crippen molar-refractivity contribution in [3.8, 4) is 0 Å². The third kappa shape index (κ3) is 3.05. The number of nitrogens with two attached hydrogens (primary N) is 1. The summed E-state index contributed by atoms with van der Waals surface area (Å²) in [7, 11) is -3.55. The van der Waals surface area contributed by atoms with Crippen LogP contribution >= 0.6 is 27.3 Å². The predicted octanol–water partition coefficient (Wildman–Crippen LogP) is 2.36. The molecule has 0 saturated carbocycles. The van der Waals surface area contributed by atoms with Gasteiger partial charge < -0.3 is 0 Å². The van der Waals surface area contributed by atoms with Gasteiger partial charge >= 0.3 is 0 Å². The average molecular weight is 298 g/mol. The zero-order valence-electron chi connectivity index (χ0n) is 7.95. The molecule has 3 nitrogen and oxygen atoms in total.